The maximum atomic E-state index is 10.4. The van der Waals surface area contributed by atoms with Crippen LogP contribution in [-0.4, -0.2) is 36.6 Å². The first-order valence-electron chi connectivity index (χ1n) is 4.68. The summed E-state index contributed by atoms with van der Waals surface area (Å²) in [4.78, 5) is 0. The van der Waals surface area contributed by atoms with Gasteiger partial charge in [-0.25, -0.2) is 4.58 Å². The Bertz CT molecular complexity index is 366. The van der Waals surface area contributed by atoms with E-state index in [1.165, 1.54) is 0 Å². The van der Waals surface area contributed by atoms with Gasteiger partial charge in [0.2, 0.25) is 0 Å². The molecule has 0 atom stereocenters. The minimum absolute atomic E-state index is 0.227. The summed E-state index contributed by atoms with van der Waals surface area (Å²) in [6.45, 7) is 8.10. The van der Waals surface area contributed by atoms with Crippen molar-refractivity contribution in [2.45, 2.75) is 20.3 Å². The lowest BCUT2D eigenvalue weighted by Crippen LogP contribution is -2.11. The Morgan fingerprint density at radius 1 is 1.53 bits per heavy atom. The lowest BCUT2D eigenvalue weighted by Gasteiger charge is -1.95. The van der Waals surface area contributed by atoms with Gasteiger partial charge in [-0.15, -0.1) is 0 Å². The quantitative estimate of drug-likeness (QED) is 0.326. The Labute approximate surface area is 91.4 Å². The first-order chi connectivity index (χ1) is 6.85. The van der Waals surface area contributed by atoms with Gasteiger partial charge in [0.25, 0.3) is 10.1 Å². The zero-order chi connectivity index (χ0) is 11.9. The maximum absolute atomic E-state index is 10.4. The van der Waals surface area contributed by atoms with Crippen LogP contribution in [0.25, 0.3) is 0 Å². The molecule has 0 aromatic carbocycles. The normalized spacial score (nSPS) is 13.4. The molecule has 4 nitrogen and oxygen atoms in total. The lowest BCUT2D eigenvalue weighted by atomic mass is 10.3. The van der Waals surface area contributed by atoms with Crippen LogP contribution >= 0.6 is 0 Å². The molecule has 0 fully saturated rings. The predicted molar refractivity (Wildman–Crippen MR) is 61.9 cm³/mol. The van der Waals surface area contributed by atoms with Gasteiger partial charge >= 0.3 is 0 Å². The number of nitrogens with zero attached hydrogens (tertiary/aromatic N) is 1. The minimum Gasteiger partial charge on any atom is -0.286 e. The predicted octanol–water partition coefficient (Wildman–Crippen LogP) is 1.46. The van der Waals surface area contributed by atoms with E-state index in [0.29, 0.717) is 13.0 Å². The van der Waals surface area contributed by atoms with Gasteiger partial charge in [0, 0.05) is 12.5 Å². The van der Waals surface area contributed by atoms with Crippen LogP contribution in [0.15, 0.2) is 23.9 Å². The van der Waals surface area contributed by atoms with E-state index >= 15 is 0 Å². The second kappa shape index (κ2) is 6.53. The van der Waals surface area contributed by atoms with E-state index in [9.17, 15) is 8.42 Å². The largest absolute Gasteiger partial charge is 0.286 e. The number of hydrogen-bond acceptors (Lipinski definition) is 2. The molecule has 0 saturated carbocycles. The SMILES string of the molecule is C=[N+](/C=C\C(C)=C/C)CCCS(=O)(=O)O. The molecule has 0 aliphatic carbocycles. The number of allylic oxidation sites excluding steroid dienone is 3. The molecule has 0 saturated heterocycles. The van der Waals surface area contributed by atoms with E-state index in [0.717, 1.165) is 5.57 Å². The highest BCUT2D eigenvalue weighted by molar-refractivity contribution is 7.85. The van der Waals surface area contributed by atoms with Crippen molar-refractivity contribution in [3.05, 3.63) is 23.9 Å². The molecule has 5 heteroatoms. The molecule has 0 heterocycles. The van der Waals surface area contributed by atoms with Crippen molar-refractivity contribution >= 4 is 16.8 Å². The summed E-state index contributed by atoms with van der Waals surface area (Å²) in [6, 6.07) is 0. The topological polar surface area (TPSA) is 57.4 Å². The molecule has 0 aliphatic heterocycles. The molecule has 0 aromatic heterocycles. The molecule has 0 unspecified atom stereocenters. The van der Waals surface area contributed by atoms with Crippen LogP contribution in [0.1, 0.15) is 20.3 Å². The van der Waals surface area contributed by atoms with Crippen molar-refractivity contribution in [2.24, 2.45) is 0 Å². The molecule has 15 heavy (non-hydrogen) atoms. The molecule has 0 aliphatic rings. The molecule has 0 rings (SSSR count). The van der Waals surface area contributed by atoms with Gasteiger partial charge in [-0.2, -0.15) is 8.42 Å². The molecule has 86 valence electrons. The van der Waals surface area contributed by atoms with E-state index in [1.807, 2.05) is 26.0 Å². The van der Waals surface area contributed by atoms with E-state index in [-0.39, 0.29) is 5.75 Å². The van der Waals surface area contributed by atoms with E-state index in [1.54, 1.807) is 10.8 Å². The Balaban J connectivity index is 3.92. The van der Waals surface area contributed by atoms with Crippen LogP contribution in [0.4, 0.5) is 0 Å². The second-order valence-corrected chi connectivity index (χ2v) is 4.87. The Hall–Kier alpha value is -0.940. The fourth-order valence-corrected chi connectivity index (χ4v) is 1.34. The molecule has 1 N–H and O–H groups in total. The van der Waals surface area contributed by atoms with Crippen molar-refractivity contribution in [1.82, 2.24) is 0 Å². The summed E-state index contributed by atoms with van der Waals surface area (Å²) in [5.41, 5.74) is 1.11. The first kappa shape index (κ1) is 14.1. The summed E-state index contributed by atoms with van der Waals surface area (Å²) >= 11 is 0. The third kappa shape index (κ3) is 9.37. The van der Waals surface area contributed by atoms with Crippen molar-refractivity contribution in [3.8, 4) is 0 Å². The molecule has 0 amide bonds. The average molecular weight is 232 g/mol. The number of rotatable bonds is 6. The van der Waals surface area contributed by atoms with Gasteiger partial charge < -0.3 is 0 Å². The van der Waals surface area contributed by atoms with Gasteiger partial charge in [-0.1, -0.05) is 6.08 Å². The van der Waals surface area contributed by atoms with Crippen LogP contribution in [0.2, 0.25) is 0 Å². The van der Waals surface area contributed by atoms with Crippen LogP contribution in [-0.2, 0) is 10.1 Å². The maximum Gasteiger partial charge on any atom is 0.265 e. The summed E-state index contributed by atoms with van der Waals surface area (Å²) in [7, 11) is -3.85. The smallest absolute Gasteiger partial charge is 0.265 e. The third-order valence-corrected chi connectivity index (χ3v) is 2.66. The fraction of sp³-hybridized carbons (Fsp3) is 0.500. The summed E-state index contributed by atoms with van der Waals surface area (Å²) in [5.74, 6) is -0.227. The van der Waals surface area contributed by atoms with Crippen LogP contribution in [0.5, 0.6) is 0 Å². The molecule has 0 spiro atoms. The minimum atomic E-state index is -3.85. The van der Waals surface area contributed by atoms with Crippen LogP contribution in [0, 0.1) is 0 Å². The first-order valence-corrected chi connectivity index (χ1v) is 6.29. The summed E-state index contributed by atoms with van der Waals surface area (Å²) < 4.78 is 31.0. The van der Waals surface area contributed by atoms with Gasteiger partial charge in [0.1, 0.15) is 13.3 Å². The van der Waals surface area contributed by atoms with E-state index in [4.69, 9.17) is 4.55 Å². The van der Waals surface area contributed by atoms with Gasteiger partial charge in [-0.05, 0) is 19.4 Å². The van der Waals surface area contributed by atoms with Crippen molar-refractivity contribution in [2.75, 3.05) is 12.3 Å². The van der Waals surface area contributed by atoms with Crippen molar-refractivity contribution < 1.29 is 17.5 Å². The van der Waals surface area contributed by atoms with E-state index in [2.05, 4.69) is 6.72 Å². The molecule has 0 bridgehead atoms. The average Bonchev–Trinajstić information content (AvgIpc) is 2.12. The van der Waals surface area contributed by atoms with Gasteiger partial charge in [0.15, 0.2) is 6.20 Å². The van der Waals surface area contributed by atoms with Crippen LogP contribution < -0.4 is 0 Å². The van der Waals surface area contributed by atoms with Crippen molar-refractivity contribution in [1.29, 1.82) is 0 Å². The Morgan fingerprint density at radius 3 is 2.60 bits per heavy atom. The summed E-state index contributed by atoms with van der Waals surface area (Å²) in [5, 5.41) is 0. The van der Waals surface area contributed by atoms with Crippen LogP contribution in [0.3, 0.4) is 0 Å². The number of hydrogen-bond donors (Lipinski definition) is 1. The third-order valence-electron chi connectivity index (χ3n) is 1.85. The molecular weight excluding hydrogens is 214 g/mol. The highest BCUT2D eigenvalue weighted by atomic mass is 32.2. The highest BCUT2D eigenvalue weighted by Gasteiger charge is 2.05. The standard InChI is InChI=1S/C10H17NO3S/c1-4-10(2)6-8-11(3)7-5-9-15(12,13)14/h4,6,8H,3,5,7,9H2,1-2H3/p+1/b8-6-,10-4-. The second-order valence-electron chi connectivity index (χ2n) is 3.30. The Kier molecular flexibility index (Phi) is 6.12. The molecule has 0 radical (unpaired) electrons. The van der Waals surface area contributed by atoms with Gasteiger partial charge in [-0.3, -0.25) is 4.55 Å². The van der Waals surface area contributed by atoms with Crippen molar-refractivity contribution in [3.63, 3.8) is 0 Å². The zero-order valence-electron chi connectivity index (χ0n) is 9.18. The Morgan fingerprint density at radius 2 is 2.13 bits per heavy atom. The summed E-state index contributed by atoms with van der Waals surface area (Å²) in [6.07, 6.45) is 5.99. The fourth-order valence-electron chi connectivity index (χ4n) is 0.844. The highest BCUT2D eigenvalue weighted by Crippen LogP contribution is 1.95. The van der Waals surface area contributed by atoms with Gasteiger partial charge in [0.05, 0.1) is 5.75 Å². The lowest BCUT2D eigenvalue weighted by molar-refractivity contribution is -0.447. The molecular formula is C10H18NO3S+. The molecule has 0 aromatic rings. The zero-order valence-corrected chi connectivity index (χ0v) is 10.00. The van der Waals surface area contributed by atoms with E-state index < -0.39 is 10.1 Å². The monoisotopic (exact) mass is 232 g/mol.